The molecule has 0 aliphatic carbocycles. The average molecular weight is 419 g/mol. The van der Waals surface area contributed by atoms with Crippen molar-refractivity contribution in [1.29, 1.82) is 5.26 Å². The van der Waals surface area contributed by atoms with Gasteiger partial charge in [-0.15, -0.1) is 0 Å². The van der Waals surface area contributed by atoms with Gasteiger partial charge in [-0.05, 0) is 79.4 Å². The van der Waals surface area contributed by atoms with Gasteiger partial charge in [-0.2, -0.15) is 5.26 Å². The molecule has 0 fully saturated rings. The molecule has 1 N–H and O–H groups in total. The van der Waals surface area contributed by atoms with E-state index in [1.54, 1.807) is 12.1 Å². The predicted octanol–water partition coefficient (Wildman–Crippen LogP) is 6.23. The van der Waals surface area contributed by atoms with Gasteiger partial charge in [0.05, 0.1) is 0 Å². The predicted molar refractivity (Wildman–Crippen MR) is 119 cm³/mol. The summed E-state index contributed by atoms with van der Waals surface area (Å²) in [5.74, 6) is -0.972. The summed E-state index contributed by atoms with van der Waals surface area (Å²) in [6.07, 6.45) is 2.17. The molecular weight excluding hydrogens is 399 g/mol. The quantitative estimate of drug-likeness (QED) is 0.394. The Labute approximate surface area is 180 Å². The summed E-state index contributed by atoms with van der Waals surface area (Å²) in [7, 11) is 0. The van der Waals surface area contributed by atoms with Crippen LogP contribution in [0.2, 0.25) is 5.02 Å². The third-order valence-corrected chi connectivity index (χ3v) is 4.79. The highest BCUT2D eigenvalue weighted by Crippen LogP contribution is 2.23. The summed E-state index contributed by atoms with van der Waals surface area (Å²) in [6, 6.07) is 19.1. The fraction of sp³-hybridized carbons (Fsp3) is 0.120. The van der Waals surface area contributed by atoms with Crippen LogP contribution >= 0.6 is 11.6 Å². The topological polar surface area (TPSA) is 52.9 Å². The highest BCUT2D eigenvalue weighted by molar-refractivity contribution is 6.30. The van der Waals surface area contributed by atoms with Gasteiger partial charge in [0.15, 0.2) is 0 Å². The van der Waals surface area contributed by atoms with Crippen LogP contribution in [0.4, 0.5) is 10.1 Å². The van der Waals surface area contributed by atoms with Crippen molar-refractivity contribution in [3.8, 4) is 6.07 Å². The van der Waals surface area contributed by atoms with E-state index >= 15 is 0 Å². The van der Waals surface area contributed by atoms with E-state index in [9.17, 15) is 14.4 Å². The molecule has 3 nitrogen and oxygen atoms in total. The third kappa shape index (κ3) is 5.56. The van der Waals surface area contributed by atoms with E-state index in [0.29, 0.717) is 22.7 Å². The Balaban J connectivity index is 1.91. The number of halogens is 2. The van der Waals surface area contributed by atoms with Gasteiger partial charge in [-0.1, -0.05) is 47.0 Å². The number of rotatable bonds is 5. The number of aryl methyl sites for hydroxylation is 2. The van der Waals surface area contributed by atoms with Crippen LogP contribution in [-0.4, -0.2) is 5.91 Å². The van der Waals surface area contributed by atoms with Crippen molar-refractivity contribution in [3.63, 3.8) is 0 Å². The molecule has 5 heteroatoms. The van der Waals surface area contributed by atoms with Crippen molar-refractivity contribution >= 4 is 29.3 Å². The molecule has 0 aliphatic rings. The number of nitriles is 1. The second-order valence-corrected chi connectivity index (χ2v) is 7.58. The van der Waals surface area contributed by atoms with Crippen LogP contribution in [0, 0.1) is 31.0 Å². The molecule has 1 amide bonds. The first kappa shape index (κ1) is 21.3. The number of benzene rings is 3. The molecule has 0 bridgehead atoms. The molecule has 0 unspecified atom stereocenters. The SMILES string of the molecule is Cc1cc(C)cc(Cc2ccc(Cl)cc2/C=C(\C#N)C(=O)Nc2ccc(F)cc2)c1. The van der Waals surface area contributed by atoms with Gasteiger partial charge in [0.2, 0.25) is 0 Å². The third-order valence-electron chi connectivity index (χ3n) is 4.55. The maximum Gasteiger partial charge on any atom is 0.266 e. The minimum absolute atomic E-state index is 0.0664. The normalized spacial score (nSPS) is 11.1. The molecule has 30 heavy (non-hydrogen) atoms. The number of nitrogens with one attached hydrogen (secondary N) is 1. The van der Waals surface area contributed by atoms with Gasteiger partial charge in [0, 0.05) is 10.7 Å². The zero-order chi connectivity index (χ0) is 21.7. The zero-order valence-electron chi connectivity index (χ0n) is 16.7. The summed E-state index contributed by atoms with van der Waals surface area (Å²) < 4.78 is 13.1. The van der Waals surface area contributed by atoms with E-state index in [-0.39, 0.29) is 5.57 Å². The second kappa shape index (κ2) is 9.39. The highest BCUT2D eigenvalue weighted by Gasteiger charge is 2.12. The number of hydrogen-bond donors (Lipinski definition) is 1. The summed E-state index contributed by atoms with van der Waals surface area (Å²) in [5, 5.41) is 12.7. The van der Waals surface area contributed by atoms with Crippen LogP contribution in [0.5, 0.6) is 0 Å². The smallest absolute Gasteiger partial charge is 0.266 e. The first-order valence-electron chi connectivity index (χ1n) is 9.38. The largest absolute Gasteiger partial charge is 0.321 e. The standard InChI is InChI=1S/C25H20ClFN2O/c1-16-9-17(2)11-18(10-16)12-19-3-4-22(26)14-20(19)13-21(15-28)25(30)29-24-7-5-23(27)6-8-24/h3-11,13-14H,12H2,1-2H3,(H,29,30)/b21-13+. The fourth-order valence-electron chi connectivity index (χ4n) is 3.29. The Morgan fingerprint density at radius 3 is 2.37 bits per heavy atom. The van der Waals surface area contributed by atoms with Gasteiger partial charge in [0.1, 0.15) is 17.5 Å². The molecule has 0 aromatic heterocycles. The van der Waals surface area contributed by atoms with Crippen molar-refractivity contribution in [3.05, 3.63) is 105 Å². The summed E-state index contributed by atoms with van der Waals surface area (Å²) in [5.41, 5.74) is 5.48. The van der Waals surface area contributed by atoms with Crippen LogP contribution in [0.1, 0.15) is 27.8 Å². The minimum atomic E-state index is -0.568. The van der Waals surface area contributed by atoms with Gasteiger partial charge >= 0.3 is 0 Å². The number of hydrogen-bond acceptors (Lipinski definition) is 2. The Morgan fingerprint density at radius 2 is 1.73 bits per heavy atom. The van der Waals surface area contributed by atoms with Crippen LogP contribution in [0.15, 0.2) is 66.2 Å². The fourth-order valence-corrected chi connectivity index (χ4v) is 3.47. The lowest BCUT2D eigenvalue weighted by Crippen LogP contribution is -2.13. The molecule has 150 valence electrons. The van der Waals surface area contributed by atoms with Gasteiger partial charge < -0.3 is 5.32 Å². The lowest BCUT2D eigenvalue weighted by atomic mass is 9.96. The molecule has 0 atom stereocenters. The Hall–Kier alpha value is -3.42. The molecule has 0 heterocycles. The number of amides is 1. The molecule has 3 aromatic carbocycles. The molecule has 0 radical (unpaired) electrons. The summed E-state index contributed by atoms with van der Waals surface area (Å²) >= 11 is 6.17. The Bertz CT molecular complexity index is 1140. The van der Waals surface area contributed by atoms with Crippen molar-refractivity contribution in [2.75, 3.05) is 5.32 Å². The van der Waals surface area contributed by atoms with Gasteiger partial charge in [0.25, 0.3) is 5.91 Å². The molecule has 0 saturated heterocycles. The first-order valence-corrected chi connectivity index (χ1v) is 9.76. The molecule has 3 aromatic rings. The van der Waals surface area contributed by atoms with Gasteiger partial charge in [-0.25, -0.2) is 4.39 Å². The maximum atomic E-state index is 13.1. The van der Waals surface area contributed by atoms with E-state index in [4.69, 9.17) is 11.6 Å². The summed E-state index contributed by atoms with van der Waals surface area (Å²) in [4.78, 5) is 12.5. The van der Waals surface area contributed by atoms with Gasteiger partial charge in [-0.3, -0.25) is 4.79 Å². The van der Waals surface area contributed by atoms with Crippen LogP contribution in [0.25, 0.3) is 6.08 Å². The number of anilines is 1. The average Bonchev–Trinajstić information content (AvgIpc) is 2.69. The highest BCUT2D eigenvalue weighted by atomic mass is 35.5. The lowest BCUT2D eigenvalue weighted by Gasteiger charge is -2.10. The van der Waals surface area contributed by atoms with Crippen LogP contribution < -0.4 is 5.32 Å². The Kier molecular flexibility index (Phi) is 6.66. The molecule has 0 aliphatic heterocycles. The van der Waals surface area contributed by atoms with Crippen LogP contribution in [-0.2, 0) is 11.2 Å². The molecule has 0 saturated carbocycles. The number of nitrogens with zero attached hydrogens (tertiary/aromatic N) is 1. The monoisotopic (exact) mass is 418 g/mol. The second-order valence-electron chi connectivity index (χ2n) is 7.15. The maximum absolute atomic E-state index is 13.1. The Morgan fingerprint density at radius 1 is 1.07 bits per heavy atom. The zero-order valence-corrected chi connectivity index (χ0v) is 17.4. The van der Waals surface area contributed by atoms with E-state index in [1.165, 1.54) is 41.5 Å². The molecule has 0 spiro atoms. The number of carbonyl (C=O) groups is 1. The van der Waals surface area contributed by atoms with E-state index in [0.717, 1.165) is 11.1 Å². The first-order chi connectivity index (χ1) is 14.3. The summed E-state index contributed by atoms with van der Waals surface area (Å²) in [6.45, 7) is 4.10. The van der Waals surface area contributed by atoms with E-state index in [2.05, 4.69) is 23.5 Å². The number of carbonyl (C=O) groups excluding carboxylic acids is 1. The van der Waals surface area contributed by atoms with Crippen molar-refractivity contribution in [2.24, 2.45) is 0 Å². The molecular formula is C25H20ClFN2O. The van der Waals surface area contributed by atoms with Crippen molar-refractivity contribution < 1.29 is 9.18 Å². The lowest BCUT2D eigenvalue weighted by molar-refractivity contribution is -0.112. The van der Waals surface area contributed by atoms with Crippen molar-refractivity contribution in [1.82, 2.24) is 0 Å². The van der Waals surface area contributed by atoms with Crippen LogP contribution in [0.3, 0.4) is 0 Å². The van der Waals surface area contributed by atoms with Crippen molar-refractivity contribution in [2.45, 2.75) is 20.3 Å². The van der Waals surface area contributed by atoms with E-state index < -0.39 is 11.7 Å². The molecule has 3 rings (SSSR count). The van der Waals surface area contributed by atoms with E-state index in [1.807, 2.05) is 26.0 Å². The minimum Gasteiger partial charge on any atom is -0.321 e.